The number of fused-ring (bicyclic) bond motifs is 1. The Bertz CT molecular complexity index is 616. The van der Waals surface area contributed by atoms with Crippen molar-refractivity contribution in [1.82, 2.24) is 9.55 Å². The summed E-state index contributed by atoms with van der Waals surface area (Å²) in [5.41, 5.74) is 2.57. The van der Waals surface area contributed by atoms with Gasteiger partial charge in [0.25, 0.3) is 0 Å². The van der Waals surface area contributed by atoms with Gasteiger partial charge in [-0.05, 0) is 37.0 Å². The SMILES string of the molecule is CC(Cl)c1nc2ccc(Br)cc2n1C1CC1(C)C. The maximum Gasteiger partial charge on any atom is 0.127 e. The average Bonchev–Trinajstić information content (AvgIpc) is 2.74. The van der Waals surface area contributed by atoms with Crippen molar-refractivity contribution in [3.63, 3.8) is 0 Å². The lowest BCUT2D eigenvalue weighted by molar-refractivity contribution is 0.535. The van der Waals surface area contributed by atoms with Crippen LogP contribution in [0.15, 0.2) is 22.7 Å². The molecule has 4 heteroatoms. The van der Waals surface area contributed by atoms with E-state index in [4.69, 9.17) is 16.6 Å². The van der Waals surface area contributed by atoms with Gasteiger partial charge < -0.3 is 4.57 Å². The number of aromatic nitrogens is 2. The number of rotatable bonds is 2. The van der Waals surface area contributed by atoms with Gasteiger partial charge in [0, 0.05) is 10.5 Å². The zero-order valence-electron chi connectivity index (χ0n) is 10.7. The summed E-state index contributed by atoms with van der Waals surface area (Å²) < 4.78 is 3.42. The lowest BCUT2D eigenvalue weighted by atomic mass is 10.2. The van der Waals surface area contributed by atoms with Crippen LogP contribution < -0.4 is 0 Å². The number of hydrogen-bond donors (Lipinski definition) is 0. The highest BCUT2D eigenvalue weighted by Crippen LogP contribution is 2.57. The number of hydrogen-bond acceptors (Lipinski definition) is 1. The minimum Gasteiger partial charge on any atom is -0.323 e. The highest BCUT2D eigenvalue weighted by Gasteiger charge is 2.48. The van der Waals surface area contributed by atoms with Crippen LogP contribution in [0.3, 0.4) is 0 Å². The largest absolute Gasteiger partial charge is 0.323 e. The number of alkyl halides is 1. The Morgan fingerprint density at radius 2 is 2.17 bits per heavy atom. The molecule has 2 unspecified atom stereocenters. The Kier molecular flexibility index (Phi) is 2.76. The minimum atomic E-state index is -0.0624. The lowest BCUT2D eigenvalue weighted by Gasteiger charge is -2.12. The van der Waals surface area contributed by atoms with Gasteiger partial charge in [-0.3, -0.25) is 0 Å². The van der Waals surface area contributed by atoms with Crippen LogP contribution in [0.1, 0.15) is 44.4 Å². The van der Waals surface area contributed by atoms with Gasteiger partial charge in [-0.2, -0.15) is 0 Å². The Labute approximate surface area is 120 Å². The van der Waals surface area contributed by atoms with Gasteiger partial charge in [-0.25, -0.2) is 4.98 Å². The smallest absolute Gasteiger partial charge is 0.127 e. The van der Waals surface area contributed by atoms with Crippen molar-refractivity contribution in [2.75, 3.05) is 0 Å². The van der Waals surface area contributed by atoms with E-state index in [0.29, 0.717) is 11.5 Å². The van der Waals surface area contributed by atoms with Gasteiger partial charge in [0.15, 0.2) is 0 Å². The van der Waals surface area contributed by atoms with Crippen molar-refractivity contribution in [2.24, 2.45) is 5.41 Å². The third-order valence-corrected chi connectivity index (χ3v) is 4.50. The predicted octanol–water partition coefficient (Wildman–Crippen LogP) is 5.07. The maximum atomic E-state index is 6.29. The number of nitrogens with zero attached hydrogens (tertiary/aromatic N) is 2. The third-order valence-electron chi connectivity index (χ3n) is 3.81. The van der Waals surface area contributed by atoms with Crippen molar-refractivity contribution in [2.45, 2.75) is 38.6 Å². The van der Waals surface area contributed by atoms with Gasteiger partial charge in [-0.1, -0.05) is 29.8 Å². The van der Waals surface area contributed by atoms with E-state index in [1.54, 1.807) is 0 Å². The van der Waals surface area contributed by atoms with Gasteiger partial charge in [0.05, 0.1) is 16.4 Å². The molecule has 2 atom stereocenters. The fraction of sp³-hybridized carbons (Fsp3) is 0.500. The molecule has 1 aromatic carbocycles. The lowest BCUT2D eigenvalue weighted by Crippen LogP contribution is -2.06. The molecule has 0 bridgehead atoms. The first-order chi connectivity index (χ1) is 8.40. The van der Waals surface area contributed by atoms with Gasteiger partial charge in [-0.15, -0.1) is 11.6 Å². The van der Waals surface area contributed by atoms with Crippen LogP contribution in [0.25, 0.3) is 11.0 Å². The van der Waals surface area contributed by atoms with Gasteiger partial charge >= 0.3 is 0 Å². The molecule has 1 heterocycles. The second kappa shape index (κ2) is 3.97. The third kappa shape index (κ3) is 1.88. The normalized spacial score (nSPS) is 23.3. The van der Waals surface area contributed by atoms with Gasteiger partial charge in [0.2, 0.25) is 0 Å². The van der Waals surface area contributed by atoms with Crippen molar-refractivity contribution < 1.29 is 0 Å². The summed E-state index contributed by atoms with van der Waals surface area (Å²) in [5.74, 6) is 0.986. The van der Waals surface area contributed by atoms with Gasteiger partial charge in [0.1, 0.15) is 5.82 Å². The second-order valence-electron chi connectivity index (χ2n) is 5.80. The summed E-state index contributed by atoms with van der Waals surface area (Å²) in [6.07, 6.45) is 1.20. The Balaban J connectivity index is 2.25. The van der Waals surface area contributed by atoms with E-state index >= 15 is 0 Å². The summed E-state index contributed by atoms with van der Waals surface area (Å²) >= 11 is 9.83. The summed E-state index contributed by atoms with van der Waals surface area (Å²) in [6.45, 7) is 6.58. The molecular formula is C14H16BrClN2. The average molecular weight is 328 g/mol. The van der Waals surface area contributed by atoms with Crippen molar-refractivity contribution in [3.8, 4) is 0 Å². The molecule has 2 nitrogen and oxygen atoms in total. The molecule has 1 aromatic heterocycles. The molecule has 3 rings (SSSR count). The van der Waals surface area contributed by atoms with Crippen LogP contribution in [0, 0.1) is 5.41 Å². The molecule has 1 aliphatic carbocycles. The molecule has 1 aliphatic rings. The van der Waals surface area contributed by atoms with E-state index in [1.165, 1.54) is 11.9 Å². The molecular weight excluding hydrogens is 312 g/mol. The first-order valence-electron chi connectivity index (χ1n) is 6.21. The molecule has 0 spiro atoms. The summed E-state index contributed by atoms with van der Waals surface area (Å²) in [4.78, 5) is 4.69. The monoisotopic (exact) mass is 326 g/mol. The zero-order chi connectivity index (χ0) is 13.1. The Morgan fingerprint density at radius 1 is 1.50 bits per heavy atom. The fourth-order valence-corrected chi connectivity index (χ4v) is 3.08. The maximum absolute atomic E-state index is 6.29. The van der Waals surface area contributed by atoms with E-state index in [0.717, 1.165) is 15.8 Å². The summed E-state index contributed by atoms with van der Waals surface area (Å²) in [6, 6.07) is 6.74. The van der Waals surface area contributed by atoms with E-state index in [2.05, 4.69) is 40.4 Å². The van der Waals surface area contributed by atoms with Crippen LogP contribution in [0.4, 0.5) is 0 Å². The molecule has 0 radical (unpaired) electrons. The molecule has 2 aromatic rings. The standard InChI is InChI=1S/C14H16BrClN2/c1-8(16)13-17-10-5-4-9(15)6-11(10)18(13)12-7-14(12,2)3/h4-6,8,12H,7H2,1-3H3. The highest BCUT2D eigenvalue weighted by molar-refractivity contribution is 9.10. The predicted molar refractivity (Wildman–Crippen MR) is 79.1 cm³/mol. The van der Waals surface area contributed by atoms with E-state index in [-0.39, 0.29) is 5.38 Å². The Morgan fingerprint density at radius 3 is 2.72 bits per heavy atom. The van der Waals surface area contributed by atoms with Crippen LogP contribution in [-0.2, 0) is 0 Å². The van der Waals surface area contributed by atoms with Crippen molar-refractivity contribution >= 4 is 38.6 Å². The first kappa shape index (κ1) is 12.5. The number of halogens is 2. The Hall–Kier alpha value is -0.540. The quantitative estimate of drug-likeness (QED) is 0.704. The second-order valence-corrected chi connectivity index (χ2v) is 7.37. The molecule has 1 saturated carbocycles. The highest BCUT2D eigenvalue weighted by atomic mass is 79.9. The molecule has 0 N–H and O–H groups in total. The van der Waals surface area contributed by atoms with Crippen LogP contribution >= 0.6 is 27.5 Å². The van der Waals surface area contributed by atoms with Crippen LogP contribution in [0.2, 0.25) is 0 Å². The number of benzene rings is 1. The first-order valence-corrected chi connectivity index (χ1v) is 7.44. The topological polar surface area (TPSA) is 17.8 Å². The zero-order valence-corrected chi connectivity index (χ0v) is 13.1. The van der Waals surface area contributed by atoms with E-state index < -0.39 is 0 Å². The van der Waals surface area contributed by atoms with E-state index in [1.807, 2.05) is 19.1 Å². The molecule has 1 fully saturated rings. The number of imidazole rings is 1. The van der Waals surface area contributed by atoms with Crippen molar-refractivity contribution in [3.05, 3.63) is 28.5 Å². The molecule has 18 heavy (non-hydrogen) atoms. The fourth-order valence-electron chi connectivity index (χ4n) is 2.57. The minimum absolute atomic E-state index is 0.0624. The summed E-state index contributed by atoms with van der Waals surface area (Å²) in [5, 5.41) is -0.0624. The van der Waals surface area contributed by atoms with Crippen molar-refractivity contribution in [1.29, 1.82) is 0 Å². The van der Waals surface area contributed by atoms with Crippen LogP contribution in [-0.4, -0.2) is 9.55 Å². The molecule has 0 aliphatic heterocycles. The molecule has 0 amide bonds. The summed E-state index contributed by atoms with van der Waals surface area (Å²) in [7, 11) is 0. The van der Waals surface area contributed by atoms with E-state index in [9.17, 15) is 0 Å². The van der Waals surface area contributed by atoms with Crippen LogP contribution in [0.5, 0.6) is 0 Å². The molecule has 96 valence electrons. The molecule has 0 saturated heterocycles.